The monoisotopic (exact) mass is 428 g/mol. The fourth-order valence-electron chi connectivity index (χ4n) is 3.28. The number of ether oxygens (including phenoxy) is 2. The van der Waals surface area contributed by atoms with Gasteiger partial charge >= 0.3 is 5.97 Å². The smallest absolute Gasteiger partial charge is 0.343 e. The van der Waals surface area contributed by atoms with Crippen molar-refractivity contribution in [1.82, 2.24) is 4.31 Å². The van der Waals surface area contributed by atoms with Crippen LogP contribution in [0.2, 0.25) is 0 Å². The van der Waals surface area contributed by atoms with Gasteiger partial charge in [0, 0.05) is 19.2 Å². The molecule has 3 rings (SSSR count). The van der Waals surface area contributed by atoms with Crippen molar-refractivity contribution in [3.63, 3.8) is 0 Å². The van der Waals surface area contributed by atoms with Crippen LogP contribution >= 0.6 is 0 Å². The molecular formula is C22H24N2O5S. The molecule has 158 valence electrons. The number of hydrogen-bond acceptors (Lipinski definition) is 6. The van der Waals surface area contributed by atoms with Crippen LogP contribution in [-0.2, 0) is 10.0 Å². The van der Waals surface area contributed by atoms with E-state index < -0.39 is 16.0 Å². The third-order valence-corrected chi connectivity index (χ3v) is 6.78. The van der Waals surface area contributed by atoms with Gasteiger partial charge in [0.05, 0.1) is 28.7 Å². The van der Waals surface area contributed by atoms with E-state index in [2.05, 4.69) is 0 Å². The highest BCUT2D eigenvalue weighted by Crippen LogP contribution is 2.29. The zero-order valence-corrected chi connectivity index (χ0v) is 17.7. The number of benzene rings is 2. The predicted molar refractivity (Wildman–Crippen MR) is 111 cm³/mol. The summed E-state index contributed by atoms with van der Waals surface area (Å²) in [5.41, 5.74) is 0.609. The van der Waals surface area contributed by atoms with E-state index in [0.717, 1.165) is 25.7 Å². The Bertz CT molecular complexity index is 1030. The quantitative estimate of drug-likeness (QED) is 0.514. The van der Waals surface area contributed by atoms with E-state index in [1.165, 1.54) is 46.8 Å². The molecule has 0 spiro atoms. The molecule has 0 saturated carbocycles. The number of carbonyl (C=O) groups excluding carboxylic acids is 1. The molecule has 1 heterocycles. The second kappa shape index (κ2) is 9.74. The maximum absolute atomic E-state index is 12.9. The molecule has 2 aromatic carbocycles. The summed E-state index contributed by atoms with van der Waals surface area (Å²) in [7, 11) is -3.58. The molecule has 0 unspecified atom stereocenters. The molecule has 0 amide bonds. The SMILES string of the molecule is CCOc1cc(C#N)ccc1OC(=O)c1ccc(S(=O)(=O)N2CCCCCC2)cc1. The highest BCUT2D eigenvalue weighted by atomic mass is 32.2. The van der Waals surface area contributed by atoms with E-state index in [4.69, 9.17) is 14.7 Å². The number of esters is 1. The Kier molecular flexibility index (Phi) is 7.08. The molecule has 8 heteroatoms. The molecule has 1 aliphatic heterocycles. The topological polar surface area (TPSA) is 96.7 Å². The molecule has 0 N–H and O–H groups in total. The number of rotatable bonds is 6. The molecule has 7 nitrogen and oxygen atoms in total. The van der Waals surface area contributed by atoms with Gasteiger partial charge in [-0.1, -0.05) is 12.8 Å². The van der Waals surface area contributed by atoms with Crippen molar-refractivity contribution in [1.29, 1.82) is 5.26 Å². The fourth-order valence-corrected chi connectivity index (χ4v) is 4.80. The maximum atomic E-state index is 12.9. The van der Waals surface area contributed by atoms with Crippen LogP contribution in [0.4, 0.5) is 0 Å². The highest BCUT2D eigenvalue weighted by molar-refractivity contribution is 7.89. The van der Waals surface area contributed by atoms with E-state index in [0.29, 0.717) is 31.0 Å². The van der Waals surface area contributed by atoms with Crippen LogP contribution in [0.25, 0.3) is 0 Å². The minimum absolute atomic E-state index is 0.161. The standard InChI is InChI=1S/C22H24N2O5S/c1-2-28-21-15-17(16-23)7-12-20(21)29-22(25)18-8-10-19(11-9-18)30(26,27)24-13-5-3-4-6-14-24/h7-12,15H,2-6,13-14H2,1H3. The van der Waals surface area contributed by atoms with Gasteiger partial charge in [0.15, 0.2) is 11.5 Å². The van der Waals surface area contributed by atoms with Crippen molar-refractivity contribution in [2.24, 2.45) is 0 Å². The number of sulfonamides is 1. The summed E-state index contributed by atoms with van der Waals surface area (Å²) in [4.78, 5) is 12.7. The maximum Gasteiger partial charge on any atom is 0.343 e. The van der Waals surface area contributed by atoms with Crippen LogP contribution in [0.1, 0.15) is 48.5 Å². The van der Waals surface area contributed by atoms with E-state index in [-0.39, 0.29) is 16.2 Å². The Labute approximate surface area is 176 Å². The Morgan fingerprint density at radius 1 is 1.03 bits per heavy atom. The van der Waals surface area contributed by atoms with Crippen molar-refractivity contribution >= 4 is 16.0 Å². The zero-order valence-electron chi connectivity index (χ0n) is 16.8. The summed E-state index contributed by atoms with van der Waals surface area (Å²) >= 11 is 0. The fraction of sp³-hybridized carbons (Fsp3) is 0.364. The molecular weight excluding hydrogens is 404 g/mol. The number of carbonyl (C=O) groups is 1. The molecule has 1 fully saturated rings. The van der Waals surface area contributed by atoms with Crippen molar-refractivity contribution in [3.05, 3.63) is 53.6 Å². The van der Waals surface area contributed by atoms with Gasteiger partial charge in [-0.15, -0.1) is 0 Å². The van der Waals surface area contributed by atoms with Gasteiger partial charge < -0.3 is 9.47 Å². The minimum atomic E-state index is -3.58. The lowest BCUT2D eigenvalue weighted by atomic mass is 10.2. The van der Waals surface area contributed by atoms with Crippen LogP contribution < -0.4 is 9.47 Å². The third kappa shape index (κ3) is 4.99. The van der Waals surface area contributed by atoms with Gasteiger partial charge in [0.1, 0.15) is 0 Å². The molecule has 2 aromatic rings. The minimum Gasteiger partial charge on any atom is -0.490 e. The average molecular weight is 429 g/mol. The van der Waals surface area contributed by atoms with Gasteiger partial charge in [-0.3, -0.25) is 0 Å². The van der Waals surface area contributed by atoms with Crippen LogP contribution in [0.3, 0.4) is 0 Å². The number of hydrogen-bond donors (Lipinski definition) is 0. The van der Waals surface area contributed by atoms with Crippen LogP contribution in [-0.4, -0.2) is 38.4 Å². The van der Waals surface area contributed by atoms with Crippen molar-refractivity contribution in [2.45, 2.75) is 37.5 Å². The molecule has 0 aliphatic carbocycles. The molecule has 0 bridgehead atoms. The lowest BCUT2D eigenvalue weighted by Gasteiger charge is -2.20. The first-order chi connectivity index (χ1) is 14.5. The Hall–Kier alpha value is -2.89. The largest absolute Gasteiger partial charge is 0.490 e. The summed E-state index contributed by atoms with van der Waals surface area (Å²) in [6.07, 6.45) is 3.79. The van der Waals surface area contributed by atoms with Gasteiger partial charge in [0.2, 0.25) is 10.0 Å². The van der Waals surface area contributed by atoms with Gasteiger partial charge in [-0.2, -0.15) is 9.57 Å². The van der Waals surface area contributed by atoms with Gasteiger partial charge in [-0.25, -0.2) is 13.2 Å². The number of nitriles is 1. The van der Waals surface area contributed by atoms with Crippen molar-refractivity contribution in [2.75, 3.05) is 19.7 Å². The zero-order chi connectivity index (χ0) is 21.6. The van der Waals surface area contributed by atoms with Crippen LogP contribution in [0.15, 0.2) is 47.4 Å². The Balaban J connectivity index is 1.76. The molecule has 0 aromatic heterocycles. The van der Waals surface area contributed by atoms with Crippen molar-refractivity contribution < 1.29 is 22.7 Å². The summed E-state index contributed by atoms with van der Waals surface area (Å²) in [6.45, 7) is 3.17. The molecule has 0 radical (unpaired) electrons. The molecule has 1 saturated heterocycles. The summed E-state index contributed by atoms with van der Waals surface area (Å²) in [5.74, 6) is -0.147. The molecule has 1 aliphatic rings. The second-order valence-corrected chi connectivity index (χ2v) is 8.88. The first-order valence-corrected chi connectivity index (χ1v) is 11.4. The van der Waals surface area contributed by atoms with Crippen molar-refractivity contribution in [3.8, 4) is 17.6 Å². The first-order valence-electron chi connectivity index (χ1n) is 9.95. The average Bonchev–Trinajstić information content (AvgIpc) is 3.05. The van der Waals surface area contributed by atoms with Gasteiger partial charge in [0.25, 0.3) is 0 Å². The number of nitrogens with zero attached hydrogens (tertiary/aromatic N) is 2. The second-order valence-electron chi connectivity index (χ2n) is 6.94. The highest BCUT2D eigenvalue weighted by Gasteiger charge is 2.25. The third-order valence-electron chi connectivity index (χ3n) is 4.87. The Morgan fingerprint density at radius 3 is 2.30 bits per heavy atom. The summed E-state index contributed by atoms with van der Waals surface area (Å²) in [6, 6.07) is 12.3. The summed E-state index contributed by atoms with van der Waals surface area (Å²) in [5, 5.41) is 9.02. The van der Waals surface area contributed by atoms with E-state index in [1.807, 2.05) is 6.07 Å². The Morgan fingerprint density at radius 2 is 1.70 bits per heavy atom. The lowest BCUT2D eigenvalue weighted by Crippen LogP contribution is -2.31. The lowest BCUT2D eigenvalue weighted by molar-refractivity contribution is 0.0728. The molecule has 0 atom stereocenters. The molecule has 30 heavy (non-hydrogen) atoms. The first kappa shape index (κ1) is 21.8. The van der Waals surface area contributed by atoms with E-state index in [1.54, 1.807) is 6.92 Å². The predicted octanol–water partition coefficient (Wildman–Crippen LogP) is 3.74. The van der Waals surface area contributed by atoms with Gasteiger partial charge in [-0.05, 0) is 56.2 Å². The van der Waals surface area contributed by atoms with Crippen LogP contribution in [0, 0.1) is 11.3 Å². The van der Waals surface area contributed by atoms with Crippen LogP contribution in [0.5, 0.6) is 11.5 Å². The van der Waals surface area contributed by atoms with E-state index >= 15 is 0 Å². The summed E-state index contributed by atoms with van der Waals surface area (Å²) < 4.78 is 38.1. The normalized spacial score (nSPS) is 15.1. The van der Waals surface area contributed by atoms with E-state index in [9.17, 15) is 13.2 Å².